The minimum atomic E-state index is -0.970. The third kappa shape index (κ3) is 7.13. The summed E-state index contributed by atoms with van der Waals surface area (Å²) in [7, 11) is 0. The van der Waals surface area contributed by atoms with Crippen molar-refractivity contribution in [3.05, 3.63) is 54.6 Å². The summed E-state index contributed by atoms with van der Waals surface area (Å²) in [5.74, 6) is 0.449. The molecule has 2 aromatic rings. The van der Waals surface area contributed by atoms with Crippen LogP contribution < -0.4 is 14.4 Å². The van der Waals surface area contributed by atoms with E-state index in [4.69, 9.17) is 19.5 Å². The van der Waals surface area contributed by atoms with Gasteiger partial charge in [-0.2, -0.15) is 5.26 Å². The molecule has 0 saturated heterocycles. The first-order chi connectivity index (χ1) is 14.5. The average Bonchev–Trinajstić information content (AvgIpc) is 2.76. The molecule has 0 aliphatic rings. The SMILES string of the molecule is CCOc1ccc(OCCC(=O)OC(C)C(=O)N(CCC#N)c2ccccc2)cc1. The second kappa shape index (κ2) is 12.1. The van der Waals surface area contributed by atoms with Crippen molar-refractivity contribution in [2.75, 3.05) is 24.7 Å². The van der Waals surface area contributed by atoms with Gasteiger partial charge in [0.15, 0.2) is 6.10 Å². The first kappa shape index (κ1) is 22.8. The second-order valence-corrected chi connectivity index (χ2v) is 6.37. The normalized spacial score (nSPS) is 11.1. The number of esters is 1. The second-order valence-electron chi connectivity index (χ2n) is 6.37. The van der Waals surface area contributed by atoms with Crippen LogP contribution in [0.15, 0.2) is 54.6 Å². The van der Waals surface area contributed by atoms with E-state index in [1.807, 2.05) is 19.1 Å². The van der Waals surface area contributed by atoms with Crippen LogP contribution in [0.3, 0.4) is 0 Å². The third-order valence-electron chi connectivity index (χ3n) is 4.15. The van der Waals surface area contributed by atoms with E-state index >= 15 is 0 Å². The summed E-state index contributed by atoms with van der Waals surface area (Å²) in [5, 5.41) is 8.87. The molecule has 0 aliphatic carbocycles. The molecule has 0 aromatic heterocycles. The van der Waals surface area contributed by atoms with Gasteiger partial charge in [-0.1, -0.05) is 18.2 Å². The van der Waals surface area contributed by atoms with Crippen LogP contribution in [0.25, 0.3) is 0 Å². The van der Waals surface area contributed by atoms with Gasteiger partial charge in [0, 0.05) is 12.2 Å². The van der Waals surface area contributed by atoms with Gasteiger partial charge in [-0.15, -0.1) is 0 Å². The Morgan fingerprint density at radius 3 is 2.27 bits per heavy atom. The molecule has 1 amide bonds. The Bertz CT molecular complexity index is 846. The number of rotatable bonds is 11. The predicted octanol–water partition coefficient (Wildman–Crippen LogP) is 3.73. The maximum atomic E-state index is 12.8. The molecule has 7 nitrogen and oxygen atoms in total. The number of hydrogen-bond donors (Lipinski definition) is 0. The zero-order chi connectivity index (χ0) is 21.8. The maximum Gasteiger partial charge on any atom is 0.310 e. The highest BCUT2D eigenvalue weighted by atomic mass is 16.6. The molecule has 0 saturated carbocycles. The number of nitriles is 1. The smallest absolute Gasteiger partial charge is 0.310 e. The van der Waals surface area contributed by atoms with Crippen molar-refractivity contribution >= 4 is 17.6 Å². The van der Waals surface area contributed by atoms with Crippen molar-refractivity contribution in [3.63, 3.8) is 0 Å². The summed E-state index contributed by atoms with van der Waals surface area (Å²) in [4.78, 5) is 26.3. The Balaban J connectivity index is 1.84. The lowest BCUT2D eigenvalue weighted by Crippen LogP contribution is -2.40. The fraction of sp³-hybridized carbons (Fsp3) is 0.348. The van der Waals surface area contributed by atoms with Crippen LogP contribution in [0.4, 0.5) is 5.69 Å². The maximum absolute atomic E-state index is 12.8. The van der Waals surface area contributed by atoms with E-state index in [-0.39, 0.29) is 31.9 Å². The van der Waals surface area contributed by atoms with Crippen molar-refractivity contribution in [2.45, 2.75) is 32.8 Å². The highest BCUT2D eigenvalue weighted by Gasteiger charge is 2.24. The molecule has 0 N–H and O–H groups in total. The molecule has 2 rings (SSSR count). The Hall–Kier alpha value is -3.53. The molecule has 30 heavy (non-hydrogen) atoms. The van der Waals surface area contributed by atoms with E-state index in [0.29, 0.717) is 18.0 Å². The lowest BCUT2D eigenvalue weighted by Gasteiger charge is -2.25. The molecule has 0 heterocycles. The van der Waals surface area contributed by atoms with Crippen LogP contribution in [0.5, 0.6) is 11.5 Å². The molecule has 0 fully saturated rings. The zero-order valence-electron chi connectivity index (χ0n) is 17.2. The van der Waals surface area contributed by atoms with E-state index in [2.05, 4.69) is 0 Å². The summed E-state index contributed by atoms with van der Waals surface area (Å²) in [6.07, 6.45) is -0.784. The van der Waals surface area contributed by atoms with E-state index in [1.54, 1.807) is 48.5 Å². The monoisotopic (exact) mass is 410 g/mol. The van der Waals surface area contributed by atoms with Crippen LogP contribution in [-0.4, -0.2) is 37.7 Å². The number of carbonyl (C=O) groups excluding carboxylic acids is 2. The van der Waals surface area contributed by atoms with E-state index in [1.165, 1.54) is 11.8 Å². The van der Waals surface area contributed by atoms with Gasteiger partial charge >= 0.3 is 5.97 Å². The highest BCUT2D eigenvalue weighted by molar-refractivity contribution is 5.97. The molecule has 0 aliphatic heterocycles. The van der Waals surface area contributed by atoms with Crippen LogP contribution in [0, 0.1) is 11.3 Å². The molecular formula is C23H26N2O5. The molecular weight excluding hydrogens is 384 g/mol. The Labute approximate surface area is 176 Å². The summed E-state index contributed by atoms with van der Waals surface area (Å²) < 4.78 is 16.2. The molecule has 7 heteroatoms. The Morgan fingerprint density at radius 2 is 1.67 bits per heavy atom. The molecule has 158 valence electrons. The van der Waals surface area contributed by atoms with Gasteiger partial charge in [-0.25, -0.2) is 0 Å². The number of ether oxygens (including phenoxy) is 3. The van der Waals surface area contributed by atoms with E-state index in [0.717, 1.165) is 5.75 Å². The van der Waals surface area contributed by atoms with Crippen LogP contribution in [-0.2, 0) is 14.3 Å². The number of hydrogen-bond acceptors (Lipinski definition) is 6. The third-order valence-corrected chi connectivity index (χ3v) is 4.15. The quantitative estimate of drug-likeness (QED) is 0.525. The largest absolute Gasteiger partial charge is 0.494 e. The topological polar surface area (TPSA) is 88.9 Å². The molecule has 2 aromatic carbocycles. The zero-order valence-corrected chi connectivity index (χ0v) is 17.2. The van der Waals surface area contributed by atoms with Gasteiger partial charge in [-0.05, 0) is 50.2 Å². The lowest BCUT2D eigenvalue weighted by molar-refractivity contribution is -0.154. The fourth-order valence-electron chi connectivity index (χ4n) is 2.71. The molecule has 0 radical (unpaired) electrons. The van der Waals surface area contributed by atoms with Crippen LogP contribution in [0.2, 0.25) is 0 Å². The number of anilines is 1. The minimum Gasteiger partial charge on any atom is -0.494 e. The minimum absolute atomic E-state index is 0.00830. The summed E-state index contributed by atoms with van der Waals surface area (Å²) in [6.45, 7) is 4.37. The molecule has 0 bridgehead atoms. The van der Waals surface area contributed by atoms with Gasteiger partial charge in [0.1, 0.15) is 11.5 Å². The summed E-state index contributed by atoms with van der Waals surface area (Å²) >= 11 is 0. The molecule has 1 atom stereocenters. The van der Waals surface area contributed by atoms with Gasteiger partial charge in [0.25, 0.3) is 5.91 Å². The fourth-order valence-corrected chi connectivity index (χ4v) is 2.71. The van der Waals surface area contributed by atoms with Gasteiger partial charge in [0.2, 0.25) is 0 Å². The Kier molecular flexibility index (Phi) is 9.19. The van der Waals surface area contributed by atoms with Gasteiger partial charge in [-0.3, -0.25) is 9.59 Å². The van der Waals surface area contributed by atoms with E-state index < -0.39 is 12.1 Å². The number of amides is 1. The lowest BCUT2D eigenvalue weighted by atomic mass is 10.2. The van der Waals surface area contributed by atoms with Gasteiger partial charge in [0.05, 0.1) is 32.1 Å². The van der Waals surface area contributed by atoms with Crippen molar-refractivity contribution in [1.29, 1.82) is 5.26 Å². The van der Waals surface area contributed by atoms with Crippen molar-refractivity contribution in [2.24, 2.45) is 0 Å². The van der Waals surface area contributed by atoms with Crippen molar-refractivity contribution in [1.82, 2.24) is 0 Å². The average molecular weight is 410 g/mol. The number of carbonyl (C=O) groups is 2. The van der Waals surface area contributed by atoms with Crippen molar-refractivity contribution in [3.8, 4) is 17.6 Å². The van der Waals surface area contributed by atoms with Crippen LogP contribution in [0.1, 0.15) is 26.7 Å². The van der Waals surface area contributed by atoms with Gasteiger partial charge < -0.3 is 19.1 Å². The molecule has 1 unspecified atom stereocenters. The number of nitrogens with zero attached hydrogens (tertiary/aromatic N) is 2. The number of para-hydroxylation sites is 1. The van der Waals surface area contributed by atoms with Crippen LogP contribution >= 0.6 is 0 Å². The number of benzene rings is 2. The first-order valence-electron chi connectivity index (χ1n) is 9.83. The Morgan fingerprint density at radius 1 is 1.03 bits per heavy atom. The first-order valence-corrected chi connectivity index (χ1v) is 9.83. The van der Waals surface area contributed by atoms with E-state index in [9.17, 15) is 9.59 Å². The highest BCUT2D eigenvalue weighted by Crippen LogP contribution is 2.18. The predicted molar refractivity (Wildman–Crippen MR) is 112 cm³/mol. The summed E-state index contributed by atoms with van der Waals surface area (Å²) in [6, 6.07) is 18.1. The van der Waals surface area contributed by atoms with Crippen molar-refractivity contribution < 1.29 is 23.8 Å². The standard InChI is InChI=1S/C23H26N2O5/c1-3-28-20-10-12-21(13-11-20)29-17-14-22(26)30-18(2)23(27)25(16-7-15-24)19-8-5-4-6-9-19/h4-6,8-13,18H,3,7,14,16-17H2,1-2H3. The summed E-state index contributed by atoms with van der Waals surface area (Å²) in [5.41, 5.74) is 0.652. The molecule has 0 spiro atoms.